The number of nitrogens with zero attached hydrogens (tertiary/aromatic N) is 4. The first kappa shape index (κ1) is 24.3. The molecule has 1 saturated carbocycles. The molecule has 8 nitrogen and oxygen atoms in total. The predicted molar refractivity (Wildman–Crippen MR) is 152 cm³/mol. The minimum atomic E-state index is -0.405. The highest BCUT2D eigenvalue weighted by Gasteiger charge is 2.18. The molecule has 9 heteroatoms. The second-order valence-electron chi connectivity index (χ2n) is 10.1. The van der Waals surface area contributed by atoms with Crippen LogP contribution in [0.1, 0.15) is 32.1 Å². The monoisotopic (exact) mass is 534 g/mol. The SMILES string of the molecule is COc1cc(F)cc(-c2nccc3[nH]c(-c4n[nH]c5ccc(-c6cncc(OC7CCCCC7)c6)cc45)nc23)c1. The number of imidazole rings is 1. The zero-order chi connectivity index (χ0) is 27.1. The maximum absolute atomic E-state index is 14.3. The van der Waals surface area contributed by atoms with Gasteiger partial charge in [0.25, 0.3) is 0 Å². The van der Waals surface area contributed by atoms with Gasteiger partial charge in [0, 0.05) is 35.0 Å². The van der Waals surface area contributed by atoms with Crippen LogP contribution < -0.4 is 9.47 Å². The van der Waals surface area contributed by atoms with Gasteiger partial charge in [0.05, 0.1) is 36.1 Å². The van der Waals surface area contributed by atoms with E-state index in [4.69, 9.17) is 14.5 Å². The van der Waals surface area contributed by atoms with Crippen molar-refractivity contribution in [3.8, 4) is 45.4 Å². The lowest BCUT2D eigenvalue weighted by Gasteiger charge is -2.23. The molecule has 0 radical (unpaired) electrons. The Balaban J connectivity index is 1.26. The summed E-state index contributed by atoms with van der Waals surface area (Å²) >= 11 is 0. The smallest absolute Gasteiger partial charge is 0.159 e. The van der Waals surface area contributed by atoms with Crippen molar-refractivity contribution in [1.82, 2.24) is 30.1 Å². The molecule has 2 aromatic carbocycles. The van der Waals surface area contributed by atoms with E-state index >= 15 is 0 Å². The molecular weight excluding hydrogens is 507 g/mol. The normalized spacial score (nSPS) is 14.2. The molecule has 0 bridgehead atoms. The Morgan fingerprint density at radius 1 is 0.850 bits per heavy atom. The van der Waals surface area contributed by atoms with Gasteiger partial charge in [-0.3, -0.25) is 15.1 Å². The zero-order valence-corrected chi connectivity index (χ0v) is 21.9. The fourth-order valence-electron chi connectivity index (χ4n) is 5.47. The van der Waals surface area contributed by atoms with Gasteiger partial charge in [-0.1, -0.05) is 12.5 Å². The van der Waals surface area contributed by atoms with Gasteiger partial charge in [-0.25, -0.2) is 9.37 Å². The molecule has 40 heavy (non-hydrogen) atoms. The Hall–Kier alpha value is -4.79. The van der Waals surface area contributed by atoms with Crippen LogP contribution in [-0.4, -0.2) is 43.3 Å². The number of H-pyrrole nitrogens is 2. The summed E-state index contributed by atoms with van der Waals surface area (Å²) in [5.41, 5.74) is 6.06. The molecule has 0 amide bonds. The number of fused-ring (bicyclic) bond motifs is 2. The fourth-order valence-corrected chi connectivity index (χ4v) is 5.47. The van der Waals surface area contributed by atoms with Crippen LogP contribution in [0.4, 0.5) is 4.39 Å². The van der Waals surface area contributed by atoms with Gasteiger partial charge in [0.2, 0.25) is 0 Å². The van der Waals surface area contributed by atoms with Gasteiger partial charge in [0.1, 0.15) is 28.5 Å². The standard InChI is InChI=1S/C31H27FN6O2/c1-39-23-12-19(11-21(32)15-23)28-30-27(9-10-34-28)35-31(36-30)29-25-14-18(7-8-26(25)37-38-29)20-13-24(17-33-16-20)40-22-5-3-2-4-6-22/h7-17,22H,2-6H2,1H3,(H,35,36)(H,37,38). The van der Waals surface area contributed by atoms with E-state index in [2.05, 4.69) is 37.3 Å². The molecule has 4 aromatic heterocycles. The average molecular weight is 535 g/mol. The van der Waals surface area contributed by atoms with Gasteiger partial charge in [-0.15, -0.1) is 0 Å². The van der Waals surface area contributed by atoms with Crippen molar-refractivity contribution in [2.24, 2.45) is 0 Å². The highest BCUT2D eigenvalue weighted by atomic mass is 19.1. The minimum Gasteiger partial charge on any atom is -0.497 e. The van der Waals surface area contributed by atoms with E-state index in [1.54, 1.807) is 18.5 Å². The first-order valence-electron chi connectivity index (χ1n) is 13.4. The Morgan fingerprint density at radius 3 is 2.60 bits per heavy atom. The molecule has 7 rings (SSSR count). The molecule has 1 aliphatic rings. The van der Waals surface area contributed by atoms with Crippen LogP contribution in [0.25, 0.3) is 55.8 Å². The van der Waals surface area contributed by atoms with Crippen molar-refractivity contribution < 1.29 is 13.9 Å². The van der Waals surface area contributed by atoms with Crippen LogP contribution >= 0.6 is 0 Å². The molecular formula is C31H27FN6O2. The fraction of sp³-hybridized carbons (Fsp3) is 0.226. The third kappa shape index (κ3) is 4.53. The first-order chi connectivity index (χ1) is 19.6. The lowest BCUT2D eigenvalue weighted by molar-refractivity contribution is 0.154. The second-order valence-corrected chi connectivity index (χ2v) is 10.1. The molecule has 0 unspecified atom stereocenters. The molecule has 2 N–H and O–H groups in total. The van der Waals surface area contributed by atoms with Gasteiger partial charge >= 0.3 is 0 Å². The van der Waals surface area contributed by atoms with E-state index in [9.17, 15) is 4.39 Å². The van der Waals surface area contributed by atoms with E-state index in [0.29, 0.717) is 34.0 Å². The van der Waals surface area contributed by atoms with Crippen LogP contribution in [0.5, 0.6) is 11.5 Å². The van der Waals surface area contributed by atoms with Crippen LogP contribution in [0.3, 0.4) is 0 Å². The van der Waals surface area contributed by atoms with Crippen molar-refractivity contribution in [1.29, 1.82) is 0 Å². The molecule has 0 atom stereocenters. The number of aromatic amines is 2. The number of halogens is 1. The number of pyridine rings is 2. The average Bonchev–Trinajstić information content (AvgIpc) is 3.61. The van der Waals surface area contributed by atoms with E-state index < -0.39 is 5.82 Å². The van der Waals surface area contributed by atoms with Gasteiger partial charge in [0.15, 0.2) is 5.82 Å². The largest absolute Gasteiger partial charge is 0.497 e. The maximum Gasteiger partial charge on any atom is 0.159 e. The van der Waals surface area contributed by atoms with Crippen molar-refractivity contribution in [3.63, 3.8) is 0 Å². The Bertz CT molecular complexity index is 1840. The quantitative estimate of drug-likeness (QED) is 0.237. The van der Waals surface area contributed by atoms with Gasteiger partial charge in [-0.05, 0) is 67.6 Å². The predicted octanol–water partition coefficient (Wildman–Crippen LogP) is 7.09. The number of nitrogens with one attached hydrogen (secondary N) is 2. The highest BCUT2D eigenvalue weighted by molar-refractivity contribution is 5.97. The number of ether oxygens (including phenoxy) is 2. The molecule has 4 heterocycles. The van der Waals surface area contributed by atoms with Crippen molar-refractivity contribution in [2.75, 3.05) is 7.11 Å². The summed E-state index contributed by atoms with van der Waals surface area (Å²) < 4.78 is 25.8. The number of hydrogen-bond acceptors (Lipinski definition) is 6. The summed E-state index contributed by atoms with van der Waals surface area (Å²) in [5.74, 6) is 1.39. The van der Waals surface area contributed by atoms with Gasteiger partial charge in [-0.2, -0.15) is 5.10 Å². The second kappa shape index (κ2) is 10.1. The summed E-state index contributed by atoms with van der Waals surface area (Å²) in [6, 6.07) is 14.5. The van der Waals surface area contributed by atoms with E-state index in [0.717, 1.165) is 46.1 Å². The Morgan fingerprint density at radius 2 is 1.73 bits per heavy atom. The number of rotatable bonds is 6. The van der Waals surface area contributed by atoms with Crippen LogP contribution in [-0.2, 0) is 0 Å². The zero-order valence-electron chi connectivity index (χ0n) is 21.9. The summed E-state index contributed by atoms with van der Waals surface area (Å²) in [4.78, 5) is 17.2. The van der Waals surface area contributed by atoms with E-state index in [1.807, 2.05) is 24.4 Å². The third-order valence-electron chi connectivity index (χ3n) is 7.47. The minimum absolute atomic E-state index is 0.259. The van der Waals surface area contributed by atoms with Crippen molar-refractivity contribution in [3.05, 3.63) is 72.9 Å². The molecule has 1 fully saturated rings. The highest BCUT2D eigenvalue weighted by Crippen LogP contribution is 2.34. The summed E-state index contributed by atoms with van der Waals surface area (Å²) in [7, 11) is 1.51. The lowest BCUT2D eigenvalue weighted by atomic mass is 9.98. The number of hydrogen-bond donors (Lipinski definition) is 2. The third-order valence-corrected chi connectivity index (χ3v) is 7.47. The molecule has 0 spiro atoms. The van der Waals surface area contributed by atoms with Crippen LogP contribution in [0, 0.1) is 5.82 Å². The topological polar surface area (TPSA) is 102 Å². The van der Waals surface area contributed by atoms with Crippen molar-refractivity contribution >= 4 is 21.9 Å². The van der Waals surface area contributed by atoms with Crippen LogP contribution in [0.15, 0.2) is 67.1 Å². The maximum atomic E-state index is 14.3. The molecule has 0 aliphatic heterocycles. The molecule has 6 aromatic rings. The molecule has 1 aliphatic carbocycles. The summed E-state index contributed by atoms with van der Waals surface area (Å²) in [5, 5.41) is 8.60. The molecule has 200 valence electrons. The van der Waals surface area contributed by atoms with Gasteiger partial charge < -0.3 is 14.5 Å². The summed E-state index contributed by atoms with van der Waals surface area (Å²) in [6.07, 6.45) is 11.5. The number of benzene rings is 2. The van der Waals surface area contributed by atoms with Crippen LogP contribution in [0.2, 0.25) is 0 Å². The lowest BCUT2D eigenvalue weighted by Crippen LogP contribution is -2.19. The Kier molecular flexibility index (Phi) is 6.11. The van der Waals surface area contributed by atoms with E-state index in [-0.39, 0.29) is 6.10 Å². The molecule has 0 saturated heterocycles. The number of aromatic nitrogens is 6. The van der Waals surface area contributed by atoms with E-state index in [1.165, 1.54) is 38.5 Å². The number of methoxy groups -OCH3 is 1. The summed E-state index contributed by atoms with van der Waals surface area (Å²) in [6.45, 7) is 0. The van der Waals surface area contributed by atoms with Crippen molar-refractivity contribution in [2.45, 2.75) is 38.2 Å². The first-order valence-corrected chi connectivity index (χ1v) is 13.4. The Labute approximate surface area is 229 Å².